The third-order valence-corrected chi connectivity index (χ3v) is 6.37. The second-order valence-electron chi connectivity index (χ2n) is 4.46. The zero-order valence-corrected chi connectivity index (χ0v) is 14.0. The van der Waals surface area contributed by atoms with E-state index in [9.17, 15) is 19.8 Å². The monoisotopic (exact) mass is 424 g/mol. The first kappa shape index (κ1) is 15.5. The van der Waals surface area contributed by atoms with Crippen LogP contribution in [0.5, 0.6) is 0 Å². The minimum atomic E-state index is -1.36. The molecule has 2 rings (SSSR count). The van der Waals surface area contributed by atoms with E-state index < -0.39 is 17.4 Å². The van der Waals surface area contributed by atoms with Gasteiger partial charge in [-0.1, -0.05) is 11.6 Å². The Kier molecular flexibility index (Phi) is 4.27. The molecule has 0 saturated carbocycles. The summed E-state index contributed by atoms with van der Waals surface area (Å²) in [7, 11) is 0. The zero-order valence-electron chi connectivity index (χ0n) is 10.3. The molecule has 1 unspecified atom stereocenters. The Bertz CT molecular complexity index is 661. The van der Waals surface area contributed by atoms with Crippen LogP contribution in [0.1, 0.15) is 18.2 Å². The lowest BCUT2D eigenvalue weighted by molar-refractivity contribution is -0.142. The van der Waals surface area contributed by atoms with Crippen LogP contribution >= 0.6 is 45.5 Å². The highest BCUT2D eigenvalue weighted by molar-refractivity contribution is 14.1. The molecule has 0 fully saturated rings. The second-order valence-corrected chi connectivity index (χ2v) is 7.26. The predicted molar refractivity (Wildman–Crippen MR) is 85.7 cm³/mol. The summed E-state index contributed by atoms with van der Waals surface area (Å²) in [5.74, 6) is -2.16. The smallest absolute Gasteiger partial charge is 0.331 e. The van der Waals surface area contributed by atoms with E-state index >= 15 is 0 Å². The van der Waals surface area contributed by atoms with E-state index in [1.165, 1.54) is 17.4 Å². The lowest BCUT2D eigenvalue weighted by Gasteiger charge is -2.32. The number of carboxylic acid groups (broad SMARTS) is 2. The summed E-state index contributed by atoms with van der Waals surface area (Å²) in [6.07, 6.45) is 1.45. The summed E-state index contributed by atoms with van der Waals surface area (Å²) < 4.78 is 1.10. The number of hydrogen-bond donors (Lipinski definition) is 2. The fourth-order valence-corrected chi connectivity index (χ4v) is 4.51. The predicted octanol–water partition coefficient (Wildman–Crippen LogP) is 3.85. The van der Waals surface area contributed by atoms with Crippen molar-refractivity contribution in [1.29, 1.82) is 0 Å². The Hall–Kier alpha value is -0.860. The van der Waals surface area contributed by atoms with E-state index in [1.807, 2.05) is 22.6 Å². The molecule has 0 aliphatic heterocycles. The molecule has 0 spiro atoms. The van der Waals surface area contributed by atoms with Gasteiger partial charge in [-0.05, 0) is 53.3 Å². The van der Waals surface area contributed by atoms with Crippen LogP contribution in [0, 0.1) is 0 Å². The van der Waals surface area contributed by atoms with Crippen LogP contribution in [0.3, 0.4) is 0 Å². The van der Waals surface area contributed by atoms with Crippen molar-refractivity contribution in [2.75, 3.05) is 0 Å². The molecule has 1 atom stereocenters. The van der Waals surface area contributed by atoms with E-state index in [0.29, 0.717) is 18.4 Å². The van der Waals surface area contributed by atoms with Crippen molar-refractivity contribution < 1.29 is 19.8 Å². The highest BCUT2D eigenvalue weighted by Crippen LogP contribution is 2.49. The van der Waals surface area contributed by atoms with Gasteiger partial charge in [0.2, 0.25) is 0 Å². The van der Waals surface area contributed by atoms with Crippen LogP contribution in [-0.4, -0.2) is 22.2 Å². The Morgan fingerprint density at radius 1 is 1.40 bits per heavy atom. The number of carboxylic acids is 2. The molecule has 0 saturated heterocycles. The van der Waals surface area contributed by atoms with Crippen LogP contribution in [0.4, 0.5) is 0 Å². The normalized spacial score (nSPS) is 22.6. The number of rotatable bonds is 3. The van der Waals surface area contributed by atoms with Crippen LogP contribution in [0.25, 0.3) is 0 Å². The van der Waals surface area contributed by atoms with E-state index in [1.54, 1.807) is 19.1 Å². The van der Waals surface area contributed by atoms with Gasteiger partial charge in [0.1, 0.15) is 5.41 Å². The van der Waals surface area contributed by atoms with E-state index in [2.05, 4.69) is 0 Å². The van der Waals surface area contributed by atoms with Gasteiger partial charge in [0, 0.05) is 20.5 Å². The topological polar surface area (TPSA) is 74.6 Å². The second kappa shape index (κ2) is 5.50. The summed E-state index contributed by atoms with van der Waals surface area (Å²) in [4.78, 5) is 23.7. The quantitative estimate of drug-likeness (QED) is 0.723. The van der Waals surface area contributed by atoms with Crippen LogP contribution < -0.4 is 0 Å². The third-order valence-electron chi connectivity index (χ3n) is 3.20. The fraction of sp³-hybridized carbons (Fsp3) is 0.231. The summed E-state index contributed by atoms with van der Waals surface area (Å²) in [6, 6.07) is 3.28. The van der Waals surface area contributed by atoms with Gasteiger partial charge in [0.15, 0.2) is 0 Å². The van der Waals surface area contributed by atoms with Crippen molar-refractivity contribution in [3.63, 3.8) is 0 Å². The van der Waals surface area contributed by atoms with Crippen molar-refractivity contribution in [2.24, 2.45) is 0 Å². The molecule has 1 aromatic rings. The summed E-state index contributed by atoms with van der Waals surface area (Å²) in [5, 5.41) is 18.9. The van der Waals surface area contributed by atoms with Gasteiger partial charge >= 0.3 is 11.9 Å². The summed E-state index contributed by atoms with van der Waals surface area (Å²) in [5.41, 5.74) is -0.610. The maximum absolute atomic E-state index is 11.9. The van der Waals surface area contributed by atoms with Gasteiger partial charge in [-0.25, -0.2) is 4.79 Å². The van der Waals surface area contributed by atoms with Crippen LogP contribution in [-0.2, 0) is 15.0 Å². The van der Waals surface area contributed by atoms with Crippen LogP contribution in [0.2, 0.25) is 4.34 Å². The molecular formula is C13H10ClIO4S. The standard InChI is InChI=1S/C13H10ClIO4S/c1-6-4-7(11(16)17)5-13(10(6)15,12(18)19)8-2-3-9(14)20-8/h2-4H,5H2,1H3,(H,16,17)(H,18,19). The maximum atomic E-state index is 11.9. The Balaban J connectivity index is 2.68. The molecular weight excluding hydrogens is 415 g/mol. The molecule has 0 aromatic carbocycles. The minimum Gasteiger partial charge on any atom is -0.480 e. The first-order valence-corrected chi connectivity index (χ1v) is 7.86. The lowest BCUT2D eigenvalue weighted by atomic mass is 9.75. The highest BCUT2D eigenvalue weighted by atomic mass is 127. The number of aliphatic carboxylic acids is 2. The molecule has 1 aliphatic carbocycles. The SMILES string of the molecule is CC1=C(I)C(C(=O)O)(c2ccc(Cl)s2)CC(C(=O)O)=C1. The molecule has 1 aliphatic rings. The molecule has 1 aromatic heterocycles. The van der Waals surface area contributed by atoms with Crippen molar-refractivity contribution in [2.45, 2.75) is 18.8 Å². The number of carbonyl (C=O) groups is 2. The first-order valence-electron chi connectivity index (χ1n) is 5.59. The molecule has 0 radical (unpaired) electrons. The molecule has 4 nitrogen and oxygen atoms in total. The van der Waals surface area contributed by atoms with Gasteiger partial charge in [-0.2, -0.15) is 0 Å². The van der Waals surface area contributed by atoms with E-state index in [4.69, 9.17) is 11.6 Å². The summed E-state index contributed by atoms with van der Waals surface area (Å²) in [6.45, 7) is 1.72. The van der Waals surface area contributed by atoms with E-state index in [-0.39, 0.29) is 12.0 Å². The summed E-state index contributed by atoms with van der Waals surface area (Å²) >= 11 is 9.06. The lowest BCUT2D eigenvalue weighted by Crippen LogP contribution is -2.39. The Morgan fingerprint density at radius 2 is 2.05 bits per heavy atom. The molecule has 20 heavy (non-hydrogen) atoms. The number of hydrogen-bond acceptors (Lipinski definition) is 3. The first-order chi connectivity index (χ1) is 9.29. The Morgan fingerprint density at radius 3 is 2.50 bits per heavy atom. The van der Waals surface area contributed by atoms with Crippen molar-refractivity contribution in [3.8, 4) is 0 Å². The van der Waals surface area contributed by atoms with Crippen molar-refractivity contribution in [1.82, 2.24) is 0 Å². The molecule has 106 valence electrons. The van der Waals surface area contributed by atoms with Crippen LogP contribution in [0.15, 0.2) is 32.9 Å². The number of allylic oxidation sites excluding steroid dienone is 2. The van der Waals surface area contributed by atoms with Crippen molar-refractivity contribution >= 4 is 57.5 Å². The molecule has 1 heterocycles. The average Bonchev–Trinajstić information content (AvgIpc) is 2.79. The number of halogens is 2. The van der Waals surface area contributed by atoms with Gasteiger partial charge in [0.25, 0.3) is 0 Å². The van der Waals surface area contributed by atoms with Gasteiger partial charge in [0.05, 0.1) is 4.34 Å². The molecule has 0 amide bonds. The van der Waals surface area contributed by atoms with Crippen molar-refractivity contribution in [3.05, 3.63) is 42.1 Å². The Labute approximate surface area is 137 Å². The minimum absolute atomic E-state index is 0.0792. The third kappa shape index (κ3) is 2.40. The highest BCUT2D eigenvalue weighted by Gasteiger charge is 2.48. The average molecular weight is 425 g/mol. The number of thiophene rings is 1. The molecule has 0 bridgehead atoms. The maximum Gasteiger partial charge on any atom is 0.331 e. The largest absolute Gasteiger partial charge is 0.480 e. The molecule has 7 heteroatoms. The van der Waals surface area contributed by atoms with Gasteiger partial charge in [-0.15, -0.1) is 11.3 Å². The van der Waals surface area contributed by atoms with Gasteiger partial charge < -0.3 is 10.2 Å². The zero-order chi connectivity index (χ0) is 15.1. The molecule has 2 N–H and O–H groups in total. The van der Waals surface area contributed by atoms with E-state index in [0.717, 1.165) is 0 Å². The van der Waals surface area contributed by atoms with Gasteiger partial charge in [-0.3, -0.25) is 4.79 Å². The fourth-order valence-electron chi connectivity index (χ4n) is 2.23.